The lowest BCUT2D eigenvalue weighted by atomic mass is 10.1. The van der Waals surface area contributed by atoms with Crippen LogP contribution >= 0.6 is 23.2 Å². The summed E-state index contributed by atoms with van der Waals surface area (Å²) < 4.78 is 33.4. The summed E-state index contributed by atoms with van der Waals surface area (Å²) in [5.74, 6) is 0.241. The first-order chi connectivity index (χ1) is 15.1. The van der Waals surface area contributed by atoms with Gasteiger partial charge in [-0.25, -0.2) is 8.42 Å². The third kappa shape index (κ3) is 5.73. The SMILES string of the molecule is Cc1ccc(O[C@H](C)C(=O)Nc2ccc(S(=O)(=O)Nc3cccc(Cl)c3Cl)cc2)cc1C. The van der Waals surface area contributed by atoms with Crippen molar-refractivity contribution in [3.05, 3.63) is 81.8 Å². The molecule has 0 aliphatic heterocycles. The summed E-state index contributed by atoms with van der Waals surface area (Å²) in [5.41, 5.74) is 2.82. The predicted molar refractivity (Wildman–Crippen MR) is 128 cm³/mol. The second-order valence-electron chi connectivity index (χ2n) is 7.23. The zero-order chi connectivity index (χ0) is 23.5. The number of hydrogen-bond acceptors (Lipinski definition) is 4. The highest BCUT2D eigenvalue weighted by atomic mass is 35.5. The average Bonchev–Trinajstić information content (AvgIpc) is 2.74. The highest BCUT2D eigenvalue weighted by Gasteiger charge is 2.18. The Labute approximate surface area is 197 Å². The molecule has 0 heterocycles. The van der Waals surface area contributed by atoms with Crippen molar-refractivity contribution in [1.82, 2.24) is 0 Å². The molecule has 2 N–H and O–H groups in total. The van der Waals surface area contributed by atoms with Crippen molar-refractivity contribution in [2.24, 2.45) is 0 Å². The minimum absolute atomic E-state index is 0.00553. The van der Waals surface area contributed by atoms with Crippen molar-refractivity contribution < 1.29 is 17.9 Å². The van der Waals surface area contributed by atoms with Gasteiger partial charge >= 0.3 is 0 Å². The monoisotopic (exact) mass is 492 g/mol. The van der Waals surface area contributed by atoms with Gasteiger partial charge in [0.05, 0.1) is 20.6 Å². The van der Waals surface area contributed by atoms with Crippen molar-refractivity contribution in [2.45, 2.75) is 31.8 Å². The van der Waals surface area contributed by atoms with E-state index < -0.39 is 16.1 Å². The molecule has 1 amide bonds. The number of halogens is 2. The number of hydrogen-bond donors (Lipinski definition) is 2. The molecule has 1 atom stereocenters. The van der Waals surface area contributed by atoms with E-state index in [1.807, 2.05) is 32.0 Å². The van der Waals surface area contributed by atoms with Crippen molar-refractivity contribution in [3.63, 3.8) is 0 Å². The maximum Gasteiger partial charge on any atom is 0.265 e. The minimum Gasteiger partial charge on any atom is -0.481 e. The molecule has 0 fully saturated rings. The van der Waals surface area contributed by atoms with E-state index in [4.69, 9.17) is 27.9 Å². The van der Waals surface area contributed by atoms with Gasteiger partial charge in [-0.15, -0.1) is 0 Å². The van der Waals surface area contributed by atoms with Gasteiger partial charge in [0.15, 0.2) is 6.10 Å². The third-order valence-corrected chi connectivity index (χ3v) is 6.99. The Kier molecular flexibility index (Phi) is 7.33. The summed E-state index contributed by atoms with van der Waals surface area (Å²) in [6, 6.07) is 16.0. The summed E-state index contributed by atoms with van der Waals surface area (Å²) >= 11 is 12.0. The normalized spacial score (nSPS) is 12.2. The van der Waals surface area contributed by atoms with Gasteiger partial charge in [-0.2, -0.15) is 0 Å². The predicted octanol–water partition coefficient (Wildman–Crippen LogP) is 5.82. The summed E-state index contributed by atoms with van der Waals surface area (Å²) in [6.45, 7) is 5.61. The van der Waals surface area contributed by atoms with E-state index in [0.29, 0.717) is 11.4 Å². The van der Waals surface area contributed by atoms with E-state index in [1.54, 1.807) is 19.1 Å². The summed E-state index contributed by atoms with van der Waals surface area (Å²) in [5, 5.41) is 3.06. The maximum absolute atomic E-state index is 12.6. The highest BCUT2D eigenvalue weighted by molar-refractivity contribution is 7.92. The first-order valence-electron chi connectivity index (χ1n) is 9.68. The number of aryl methyl sites for hydroxylation is 2. The molecular weight excluding hydrogens is 471 g/mol. The van der Waals surface area contributed by atoms with Crippen LogP contribution < -0.4 is 14.8 Å². The average molecular weight is 493 g/mol. The third-order valence-electron chi connectivity index (χ3n) is 4.79. The van der Waals surface area contributed by atoms with Crippen LogP contribution in [0.3, 0.4) is 0 Å². The molecule has 0 saturated carbocycles. The first-order valence-corrected chi connectivity index (χ1v) is 11.9. The Hall–Kier alpha value is -2.74. The van der Waals surface area contributed by atoms with Crippen LogP contribution in [0.1, 0.15) is 18.1 Å². The zero-order valence-corrected chi connectivity index (χ0v) is 20.0. The highest BCUT2D eigenvalue weighted by Crippen LogP contribution is 2.31. The second-order valence-corrected chi connectivity index (χ2v) is 9.69. The molecule has 168 valence electrons. The van der Waals surface area contributed by atoms with Gasteiger partial charge in [0.2, 0.25) is 0 Å². The number of anilines is 2. The fourth-order valence-corrected chi connectivity index (χ4v) is 4.27. The number of ether oxygens (including phenoxy) is 1. The van der Waals surface area contributed by atoms with Crippen LogP contribution in [-0.2, 0) is 14.8 Å². The Morgan fingerprint density at radius 3 is 2.31 bits per heavy atom. The zero-order valence-electron chi connectivity index (χ0n) is 17.6. The number of amides is 1. The topological polar surface area (TPSA) is 84.5 Å². The molecule has 0 aliphatic rings. The van der Waals surface area contributed by atoms with Crippen molar-refractivity contribution >= 4 is 50.5 Å². The molecule has 0 aliphatic carbocycles. The van der Waals surface area contributed by atoms with Crippen LogP contribution in [-0.4, -0.2) is 20.4 Å². The number of sulfonamides is 1. The lowest BCUT2D eigenvalue weighted by molar-refractivity contribution is -0.122. The molecule has 0 unspecified atom stereocenters. The molecule has 3 aromatic rings. The molecular formula is C23H22Cl2N2O4S. The number of carbonyl (C=O) groups excluding carboxylic acids is 1. The Morgan fingerprint density at radius 2 is 1.66 bits per heavy atom. The molecule has 0 saturated heterocycles. The first kappa shape index (κ1) is 23.9. The van der Waals surface area contributed by atoms with Crippen LogP contribution in [0.25, 0.3) is 0 Å². The molecule has 0 spiro atoms. The second kappa shape index (κ2) is 9.81. The number of nitrogens with one attached hydrogen (secondary N) is 2. The fraction of sp³-hybridized carbons (Fsp3) is 0.174. The summed E-state index contributed by atoms with van der Waals surface area (Å²) in [7, 11) is -3.89. The van der Waals surface area contributed by atoms with Crippen LogP contribution in [0.2, 0.25) is 10.0 Å². The summed E-state index contributed by atoms with van der Waals surface area (Å²) in [4.78, 5) is 12.5. The molecule has 32 heavy (non-hydrogen) atoms. The van der Waals surface area contributed by atoms with Crippen molar-refractivity contribution in [2.75, 3.05) is 10.0 Å². The van der Waals surface area contributed by atoms with E-state index in [2.05, 4.69) is 10.0 Å². The van der Waals surface area contributed by atoms with Gasteiger partial charge in [0, 0.05) is 5.69 Å². The van der Waals surface area contributed by atoms with Crippen LogP contribution in [0.15, 0.2) is 65.6 Å². The van der Waals surface area contributed by atoms with Gasteiger partial charge in [0.25, 0.3) is 15.9 Å². The van der Waals surface area contributed by atoms with Crippen LogP contribution in [0.4, 0.5) is 11.4 Å². The van der Waals surface area contributed by atoms with E-state index >= 15 is 0 Å². The number of benzene rings is 3. The van der Waals surface area contributed by atoms with Crippen molar-refractivity contribution in [1.29, 1.82) is 0 Å². The molecule has 3 rings (SSSR count). The van der Waals surface area contributed by atoms with Gasteiger partial charge in [-0.3, -0.25) is 9.52 Å². The molecule has 0 radical (unpaired) electrons. The molecule has 0 bridgehead atoms. The Morgan fingerprint density at radius 1 is 0.969 bits per heavy atom. The number of carbonyl (C=O) groups is 1. The van der Waals surface area contributed by atoms with E-state index in [0.717, 1.165) is 11.1 Å². The molecule has 0 aromatic heterocycles. The van der Waals surface area contributed by atoms with Gasteiger partial charge in [0.1, 0.15) is 5.75 Å². The van der Waals surface area contributed by atoms with Crippen molar-refractivity contribution in [3.8, 4) is 5.75 Å². The minimum atomic E-state index is -3.89. The van der Waals surface area contributed by atoms with Gasteiger partial charge in [-0.1, -0.05) is 35.3 Å². The van der Waals surface area contributed by atoms with Gasteiger partial charge in [-0.05, 0) is 80.4 Å². The van der Waals surface area contributed by atoms with E-state index in [-0.39, 0.29) is 26.5 Å². The standard InChI is InChI=1S/C23H22Cl2N2O4S/c1-14-7-10-18(13-15(14)2)31-16(3)23(28)26-17-8-11-19(12-9-17)32(29,30)27-21-6-4-5-20(24)22(21)25/h4-13,16,27H,1-3H3,(H,26,28)/t16-/m1/s1. The Bertz CT molecular complexity index is 1250. The van der Waals surface area contributed by atoms with Crippen LogP contribution in [0, 0.1) is 13.8 Å². The molecule has 9 heteroatoms. The summed E-state index contributed by atoms with van der Waals surface area (Å²) in [6.07, 6.45) is -0.743. The quantitative estimate of drug-likeness (QED) is 0.435. The smallest absolute Gasteiger partial charge is 0.265 e. The lowest BCUT2D eigenvalue weighted by Crippen LogP contribution is -2.30. The maximum atomic E-state index is 12.6. The van der Waals surface area contributed by atoms with Gasteiger partial charge < -0.3 is 10.1 Å². The molecule has 6 nitrogen and oxygen atoms in total. The fourth-order valence-electron chi connectivity index (χ4n) is 2.79. The molecule has 3 aromatic carbocycles. The van der Waals surface area contributed by atoms with E-state index in [1.165, 1.54) is 30.3 Å². The van der Waals surface area contributed by atoms with Crippen LogP contribution in [0.5, 0.6) is 5.75 Å². The largest absolute Gasteiger partial charge is 0.481 e. The number of rotatable bonds is 7. The van der Waals surface area contributed by atoms with E-state index in [9.17, 15) is 13.2 Å². The Balaban J connectivity index is 1.66. The lowest BCUT2D eigenvalue weighted by Gasteiger charge is -2.16.